The van der Waals surface area contributed by atoms with Gasteiger partial charge in [-0.25, -0.2) is 0 Å². The highest BCUT2D eigenvalue weighted by atomic mass is 16.5. The molecule has 2 N–H and O–H groups in total. The second kappa shape index (κ2) is 8.57. The number of rotatable bonds is 7. The number of anilines is 1. The molecule has 3 rings (SSSR count). The first-order valence-electron chi connectivity index (χ1n) is 9.02. The van der Waals surface area contributed by atoms with Crippen LogP contribution < -0.4 is 20.3 Å². The first-order valence-corrected chi connectivity index (χ1v) is 9.02. The van der Waals surface area contributed by atoms with Crippen LogP contribution >= 0.6 is 0 Å². The number of hydrogen-bond donors (Lipinski definition) is 2. The Bertz CT molecular complexity index is 795. The van der Waals surface area contributed by atoms with Crippen molar-refractivity contribution in [2.75, 3.05) is 38.2 Å². The van der Waals surface area contributed by atoms with Crippen molar-refractivity contribution in [1.29, 1.82) is 0 Å². The van der Waals surface area contributed by atoms with E-state index in [9.17, 15) is 9.59 Å². The lowest BCUT2D eigenvalue weighted by Gasteiger charge is -2.15. The summed E-state index contributed by atoms with van der Waals surface area (Å²) in [7, 11) is 1.60. The van der Waals surface area contributed by atoms with E-state index in [1.807, 2.05) is 24.3 Å². The van der Waals surface area contributed by atoms with Gasteiger partial charge < -0.3 is 24.8 Å². The van der Waals surface area contributed by atoms with E-state index in [1.54, 1.807) is 7.11 Å². The van der Waals surface area contributed by atoms with E-state index < -0.39 is 0 Å². The molecule has 1 fully saturated rings. The molecule has 0 unspecified atom stereocenters. The van der Waals surface area contributed by atoms with E-state index in [4.69, 9.17) is 9.26 Å². The Balaban J connectivity index is 1.86. The third kappa shape index (κ3) is 4.39. The van der Waals surface area contributed by atoms with Gasteiger partial charge >= 0.3 is 0 Å². The normalized spacial score (nSPS) is 13.5. The number of carbonyl (C=O) groups excluding carboxylic acids is 2. The van der Waals surface area contributed by atoms with E-state index in [0.717, 1.165) is 37.2 Å². The quantitative estimate of drug-likeness (QED) is 0.720. The molecule has 0 bridgehead atoms. The predicted molar refractivity (Wildman–Crippen MR) is 101 cm³/mol. The summed E-state index contributed by atoms with van der Waals surface area (Å²) in [5, 5.41) is 9.67. The van der Waals surface area contributed by atoms with Crippen LogP contribution in [0.1, 0.15) is 30.1 Å². The smallest absolute Gasteiger partial charge is 0.259 e. The maximum atomic E-state index is 12.9. The predicted octanol–water partition coefficient (Wildman–Crippen LogP) is 1.82. The molecule has 0 aliphatic carbocycles. The number of carbonyl (C=O) groups is 2. The van der Waals surface area contributed by atoms with Gasteiger partial charge in [0.2, 0.25) is 5.91 Å². The highest BCUT2D eigenvalue weighted by molar-refractivity contribution is 6.04. The lowest BCUT2D eigenvalue weighted by Crippen LogP contribution is -2.34. The molecule has 2 aromatic rings. The maximum absolute atomic E-state index is 12.9. The van der Waals surface area contributed by atoms with Gasteiger partial charge in [-0.1, -0.05) is 5.16 Å². The third-order valence-corrected chi connectivity index (χ3v) is 4.44. The summed E-state index contributed by atoms with van der Waals surface area (Å²) in [4.78, 5) is 25.9. The van der Waals surface area contributed by atoms with Crippen LogP contribution in [0.15, 0.2) is 28.8 Å². The molecule has 0 spiro atoms. The highest BCUT2D eigenvalue weighted by Crippen LogP contribution is 2.33. The maximum Gasteiger partial charge on any atom is 0.259 e. The molecule has 2 amide bonds. The van der Waals surface area contributed by atoms with Crippen LogP contribution in [0.5, 0.6) is 5.75 Å². The number of nitrogens with zero attached hydrogens (tertiary/aromatic N) is 2. The van der Waals surface area contributed by atoms with Gasteiger partial charge in [0, 0.05) is 38.7 Å². The van der Waals surface area contributed by atoms with Crippen LogP contribution in [0.3, 0.4) is 0 Å². The molecule has 144 valence electrons. The summed E-state index contributed by atoms with van der Waals surface area (Å²) in [5.74, 6) is 1.31. The first kappa shape index (κ1) is 18.8. The number of amides is 2. The third-order valence-electron chi connectivity index (χ3n) is 4.44. The van der Waals surface area contributed by atoms with E-state index in [0.29, 0.717) is 30.2 Å². The largest absolute Gasteiger partial charge is 0.497 e. The van der Waals surface area contributed by atoms with Gasteiger partial charge in [0.1, 0.15) is 11.3 Å². The Morgan fingerprint density at radius 3 is 2.44 bits per heavy atom. The number of methoxy groups -OCH3 is 1. The van der Waals surface area contributed by atoms with Crippen LogP contribution in [0.4, 0.5) is 5.82 Å². The fraction of sp³-hybridized carbons (Fsp3) is 0.421. The Hall–Kier alpha value is -3.03. The van der Waals surface area contributed by atoms with Crippen LogP contribution in [0.25, 0.3) is 11.3 Å². The summed E-state index contributed by atoms with van der Waals surface area (Å²) in [5.41, 5.74) is 1.17. The van der Waals surface area contributed by atoms with Crippen LogP contribution in [0.2, 0.25) is 0 Å². The summed E-state index contributed by atoms with van der Waals surface area (Å²) < 4.78 is 10.8. The molecule has 8 heteroatoms. The molecule has 27 heavy (non-hydrogen) atoms. The van der Waals surface area contributed by atoms with Crippen molar-refractivity contribution in [3.8, 4) is 17.1 Å². The topological polar surface area (TPSA) is 96.7 Å². The van der Waals surface area contributed by atoms with Gasteiger partial charge in [0.25, 0.3) is 5.91 Å². The van der Waals surface area contributed by atoms with Crippen molar-refractivity contribution in [2.45, 2.75) is 19.8 Å². The van der Waals surface area contributed by atoms with Gasteiger partial charge in [0.05, 0.1) is 7.11 Å². The monoisotopic (exact) mass is 372 g/mol. The average molecular weight is 372 g/mol. The van der Waals surface area contributed by atoms with Crippen molar-refractivity contribution in [2.24, 2.45) is 0 Å². The molecule has 0 radical (unpaired) electrons. The van der Waals surface area contributed by atoms with Crippen LogP contribution in [0, 0.1) is 0 Å². The van der Waals surface area contributed by atoms with E-state index in [2.05, 4.69) is 20.7 Å². The molecule has 0 atom stereocenters. The van der Waals surface area contributed by atoms with Crippen molar-refractivity contribution in [3.05, 3.63) is 29.8 Å². The highest BCUT2D eigenvalue weighted by Gasteiger charge is 2.28. The molecular formula is C19H24N4O4. The number of benzene rings is 1. The molecule has 1 aromatic carbocycles. The van der Waals surface area contributed by atoms with Crippen LogP contribution in [-0.2, 0) is 4.79 Å². The zero-order chi connectivity index (χ0) is 19.2. The Morgan fingerprint density at radius 2 is 1.81 bits per heavy atom. The molecule has 1 aliphatic rings. The van der Waals surface area contributed by atoms with Crippen molar-refractivity contribution in [1.82, 2.24) is 15.8 Å². The van der Waals surface area contributed by atoms with Gasteiger partial charge in [-0.3, -0.25) is 9.59 Å². The van der Waals surface area contributed by atoms with E-state index in [-0.39, 0.29) is 11.8 Å². The number of nitrogens with one attached hydrogen (secondary N) is 2. The lowest BCUT2D eigenvalue weighted by molar-refractivity contribution is -0.118. The molecular weight excluding hydrogens is 348 g/mol. The molecule has 8 nitrogen and oxygen atoms in total. The number of aromatic nitrogens is 1. The lowest BCUT2D eigenvalue weighted by atomic mass is 10.1. The Morgan fingerprint density at radius 1 is 1.15 bits per heavy atom. The summed E-state index contributed by atoms with van der Waals surface area (Å²) in [6.45, 7) is 3.82. The Labute approximate surface area is 157 Å². The minimum Gasteiger partial charge on any atom is -0.497 e. The minimum atomic E-state index is -0.269. The van der Waals surface area contributed by atoms with Crippen molar-refractivity contribution >= 4 is 17.6 Å². The van der Waals surface area contributed by atoms with Gasteiger partial charge in [-0.15, -0.1) is 0 Å². The molecule has 0 saturated carbocycles. The van der Waals surface area contributed by atoms with Crippen LogP contribution in [-0.4, -0.2) is 50.3 Å². The second-order valence-corrected chi connectivity index (χ2v) is 6.37. The standard InChI is InChI=1S/C19H24N4O4/c1-13(24)20-9-10-21-19(25)16-17(14-5-7-15(26-2)8-6-14)27-22-18(16)23-11-3-4-12-23/h5-8H,3-4,9-12H2,1-2H3,(H,20,24)(H,21,25). The zero-order valence-corrected chi connectivity index (χ0v) is 15.6. The molecule has 1 aromatic heterocycles. The van der Waals surface area contributed by atoms with Gasteiger partial charge in [-0.2, -0.15) is 0 Å². The minimum absolute atomic E-state index is 0.133. The number of hydrogen-bond acceptors (Lipinski definition) is 6. The summed E-state index contributed by atoms with van der Waals surface area (Å²) in [6, 6.07) is 7.29. The van der Waals surface area contributed by atoms with E-state index in [1.165, 1.54) is 6.92 Å². The zero-order valence-electron chi connectivity index (χ0n) is 15.6. The second-order valence-electron chi connectivity index (χ2n) is 6.37. The fourth-order valence-electron chi connectivity index (χ4n) is 3.07. The average Bonchev–Trinajstić information content (AvgIpc) is 3.34. The molecule has 1 aliphatic heterocycles. The fourth-order valence-corrected chi connectivity index (χ4v) is 3.07. The first-order chi connectivity index (χ1) is 13.1. The van der Waals surface area contributed by atoms with Gasteiger partial charge in [-0.05, 0) is 37.1 Å². The SMILES string of the molecule is COc1ccc(-c2onc(N3CCCC3)c2C(=O)NCCNC(C)=O)cc1. The summed E-state index contributed by atoms with van der Waals surface area (Å²) >= 11 is 0. The van der Waals surface area contributed by atoms with E-state index >= 15 is 0 Å². The molecule has 2 heterocycles. The summed E-state index contributed by atoms with van der Waals surface area (Å²) in [6.07, 6.45) is 2.13. The van der Waals surface area contributed by atoms with Gasteiger partial charge in [0.15, 0.2) is 11.6 Å². The van der Waals surface area contributed by atoms with Crippen molar-refractivity contribution in [3.63, 3.8) is 0 Å². The van der Waals surface area contributed by atoms with Crippen molar-refractivity contribution < 1.29 is 18.8 Å². The molecule has 1 saturated heterocycles. The Kier molecular flexibility index (Phi) is 5.95. The number of ether oxygens (including phenoxy) is 1.